The van der Waals surface area contributed by atoms with E-state index in [4.69, 9.17) is 14.2 Å². The number of carbonyl (C=O) groups excluding carboxylic acids is 3. The molecule has 0 aromatic carbocycles. The van der Waals surface area contributed by atoms with Crippen molar-refractivity contribution < 1.29 is 28.6 Å². The Labute approximate surface area is 98.5 Å². The summed E-state index contributed by atoms with van der Waals surface area (Å²) >= 11 is 0. The van der Waals surface area contributed by atoms with Gasteiger partial charge in [0.2, 0.25) is 5.41 Å². The summed E-state index contributed by atoms with van der Waals surface area (Å²) in [6.45, 7) is 4.35. The lowest BCUT2D eigenvalue weighted by Gasteiger charge is -2.21. The highest BCUT2D eigenvalue weighted by atomic mass is 16.6. The van der Waals surface area contributed by atoms with Crippen LogP contribution in [0.25, 0.3) is 0 Å². The molecule has 1 saturated heterocycles. The standard InChI is InChI=1S/C11H14O6/c1-3-5-15-9(13)11(7-17-8(2)12)4-6-16-10(11)14/h3H,1,4-7H2,2H3. The van der Waals surface area contributed by atoms with E-state index in [1.807, 2.05) is 0 Å². The lowest BCUT2D eigenvalue weighted by atomic mass is 9.87. The van der Waals surface area contributed by atoms with E-state index in [-0.39, 0.29) is 26.2 Å². The molecular formula is C11H14O6. The average Bonchev–Trinajstić information content (AvgIpc) is 2.66. The van der Waals surface area contributed by atoms with Crippen molar-refractivity contribution >= 4 is 17.9 Å². The molecule has 0 N–H and O–H groups in total. The average molecular weight is 242 g/mol. The normalized spacial score (nSPS) is 22.8. The van der Waals surface area contributed by atoms with E-state index < -0.39 is 23.3 Å². The molecule has 0 aromatic heterocycles. The molecule has 1 heterocycles. The summed E-state index contributed by atoms with van der Waals surface area (Å²) in [6.07, 6.45) is 1.53. The lowest BCUT2D eigenvalue weighted by molar-refractivity contribution is -0.170. The van der Waals surface area contributed by atoms with Crippen molar-refractivity contribution in [2.45, 2.75) is 13.3 Å². The van der Waals surface area contributed by atoms with Crippen molar-refractivity contribution in [3.05, 3.63) is 12.7 Å². The molecule has 6 nitrogen and oxygen atoms in total. The van der Waals surface area contributed by atoms with Gasteiger partial charge in [-0.25, -0.2) is 0 Å². The number of hydrogen-bond acceptors (Lipinski definition) is 6. The number of cyclic esters (lactones) is 1. The molecule has 0 saturated carbocycles. The number of esters is 3. The third-order valence-electron chi connectivity index (χ3n) is 2.40. The minimum Gasteiger partial charge on any atom is -0.465 e. The third-order valence-corrected chi connectivity index (χ3v) is 2.40. The molecule has 1 unspecified atom stereocenters. The minimum absolute atomic E-state index is 0.00602. The Balaban J connectivity index is 2.78. The molecule has 0 spiro atoms. The van der Waals surface area contributed by atoms with E-state index >= 15 is 0 Å². The van der Waals surface area contributed by atoms with Crippen LogP contribution in [0.3, 0.4) is 0 Å². The van der Waals surface area contributed by atoms with Crippen LogP contribution >= 0.6 is 0 Å². The lowest BCUT2D eigenvalue weighted by Crippen LogP contribution is -2.42. The molecule has 6 heteroatoms. The zero-order valence-electron chi connectivity index (χ0n) is 9.56. The van der Waals surface area contributed by atoms with Crippen molar-refractivity contribution in [3.8, 4) is 0 Å². The van der Waals surface area contributed by atoms with Gasteiger partial charge in [0.15, 0.2) is 0 Å². The summed E-state index contributed by atoms with van der Waals surface area (Å²) < 4.78 is 14.3. The van der Waals surface area contributed by atoms with E-state index in [1.54, 1.807) is 0 Å². The summed E-state index contributed by atoms with van der Waals surface area (Å²) in [5.74, 6) is -2.03. The molecule has 0 radical (unpaired) electrons. The molecular weight excluding hydrogens is 228 g/mol. The van der Waals surface area contributed by atoms with Gasteiger partial charge in [-0.2, -0.15) is 0 Å². The largest absolute Gasteiger partial charge is 0.465 e. The zero-order valence-corrected chi connectivity index (χ0v) is 9.56. The molecule has 0 bridgehead atoms. The summed E-state index contributed by atoms with van der Waals surface area (Å²) in [6, 6.07) is 0. The predicted molar refractivity (Wildman–Crippen MR) is 55.8 cm³/mol. The van der Waals surface area contributed by atoms with Crippen LogP contribution in [0, 0.1) is 5.41 Å². The van der Waals surface area contributed by atoms with Gasteiger partial charge in [0, 0.05) is 13.3 Å². The highest BCUT2D eigenvalue weighted by Gasteiger charge is 2.53. The highest BCUT2D eigenvalue weighted by molar-refractivity contribution is 6.01. The predicted octanol–water partition coefficient (Wildman–Crippen LogP) is 0.212. The van der Waals surface area contributed by atoms with Crippen molar-refractivity contribution in [2.24, 2.45) is 5.41 Å². The maximum atomic E-state index is 11.8. The fraction of sp³-hybridized carbons (Fsp3) is 0.545. The minimum atomic E-state index is -1.52. The number of hydrogen-bond donors (Lipinski definition) is 0. The van der Waals surface area contributed by atoms with Crippen molar-refractivity contribution in [1.82, 2.24) is 0 Å². The molecule has 1 aliphatic heterocycles. The van der Waals surface area contributed by atoms with Crippen LogP contribution in [0.2, 0.25) is 0 Å². The fourth-order valence-electron chi connectivity index (χ4n) is 1.43. The van der Waals surface area contributed by atoms with E-state index in [0.29, 0.717) is 0 Å². The van der Waals surface area contributed by atoms with Crippen LogP contribution in [0.15, 0.2) is 12.7 Å². The Kier molecular flexibility index (Phi) is 4.25. The Morgan fingerprint density at radius 2 is 2.24 bits per heavy atom. The van der Waals surface area contributed by atoms with Gasteiger partial charge in [0.05, 0.1) is 6.61 Å². The van der Waals surface area contributed by atoms with Gasteiger partial charge in [0.25, 0.3) is 0 Å². The Morgan fingerprint density at radius 3 is 2.71 bits per heavy atom. The molecule has 1 rings (SSSR count). The smallest absolute Gasteiger partial charge is 0.327 e. The first-order valence-electron chi connectivity index (χ1n) is 5.11. The highest BCUT2D eigenvalue weighted by Crippen LogP contribution is 2.32. The molecule has 0 amide bonds. The topological polar surface area (TPSA) is 78.9 Å². The van der Waals surface area contributed by atoms with Gasteiger partial charge in [0.1, 0.15) is 13.2 Å². The van der Waals surface area contributed by atoms with Gasteiger partial charge < -0.3 is 14.2 Å². The first-order chi connectivity index (χ1) is 8.03. The maximum Gasteiger partial charge on any atom is 0.327 e. The van der Waals surface area contributed by atoms with Gasteiger partial charge in [-0.15, -0.1) is 0 Å². The van der Waals surface area contributed by atoms with Crippen molar-refractivity contribution in [3.63, 3.8) is 0 Å². The molecule has 0 aliphatic carbocycles. The summed E-state index contributed by atoms with van der Waals surface area (Å²) in [5, 5.41) is 0. The maximum absolute atomic E-state index is 11.8. The molecule has 0 aromatic rings. The second-order valence-corrected chi connectivity index (χ2v) is 3.64. The Bertz CT molecular complexity index is 348. The van der Waals surface area contributed by atoms with Crippen LogP contribution in [-0.4, -0.2) is 37.7 Å². The summed E-state index contributed by atoms with van der Waals surface area (Å²) in [5.41, 5.74) is -1.52. The fourth-order valence-corrected chi connectivity index (χ4v) is 1.43. The van der Waals surface area contributed by atoms with Crippen LogP contribution in [0.4, 0.5) is 0 Å². The van der Waals surface area contributed by atoms with E-state index in [0.717, 1.165) is 0 Å². The van der Waals surface area contributed by atoms with E-state index in [9.17, 15) is 14.4 Å². The quantitative estimate of drug-likeness (QED) is 0.297. The number of rotatable bonds is 5. The summed E-state index contributed by atoms with van der Waals surface area (Å²) in [7, 11) is 0. The van der Waals surface area contributed by atoms with Crippen molar-refractivity contribution in [1.29, 1.82) is 0 Å². The van der Waals surface area contributed by atoms with Gasteiger partial charge in [-0.05, 0) is 0 Å². The van der Waals surface area contributed by atoms with Crippen LogP contribution in [0.1, 0.15) is 13.3 Å². The van der Waals surface area contributed by atoms with E-state index in [2.05, 4.69) is 6.58 Å². The molecule has 17 heavy (non-hydrogen) atoms. The first kappa shape index (κ1) is 13.2. The Morgan fingerprint density at radius 1 is 1.53 bits per heavy atom. The van der Waals surface area contributed by atoms with Gasteiger partial charge in [-0.3, -0.25) is 14.4 Å². The van der Waals surface area contributed by atoms with Crippen LogP contribution in [-0.2, 0) is 28.6 Å². The van der Waals surface area contributed by atoms with Crippen LogP contribution in [0.5, 0.6) is 0 Å². The molecule has 1 atom stereocenters. The zero-order chi connectivity index (χ0) is 12.9. The summed E-state index contributed by atoms with van der Waals surface area (Å²) in [4.78, 5) is 34.1. The van der Waals surface area contributed by atoms with Crippen LogP contribution < -0.4 is 0 Å². The molecule has 1 fully saturated rings. The van der Waals surface area contributed by atoms with E-state index in [1.165, 1.54) is 13.0 Å². The Hall–Kier alpha value is -1.85. The second kappa shape index (κ2) is 5.47. The molecule has 1 aliphatic rings. The monoisotopic (exact) mass is 242 g/mol. The van der Waals surface area contributed by atoms with Gasteiger partial charge >= 0.3 is 17.9 Å². The number of carbonyl (C=O) groups is 3. The second-order valence-electron chi connectivity index (χ2n) is 3.64. The van der Waals surface area contributed by atoms with Gasteiger partial charge in [-0.1, -0.05) is 12.7 Å². The SMILES string of the molecule is C=CCOC(=O)C1(COC(C)=O)CCOC1=O. The first-order valence-corrected chi connectivity index (χ1v) is 5.11. The molecule has 94 valence electrons. The van der Waals surface area contributed by atoms with Crippen molar-refractivity contribution in [2.75, 3.05) is 19.8 Å². The number of ether oxygens (including phenoxy) is 3. The third kappa shape index (κ3) is 2.83.